The van der Waals surface area contributed by atoms with Crippen molar-refractivity contribution in [2.24, 2.45) is 0 Å². The first-order valence-corrected chi connectivity index (χ1v) is 10.0. The van der Waals surface area contributed by atoms with Gasteiger partial charge in [-0.2, -0.15) is 0 Å². The van der Waals surface area contributed by atoms with Crippen LogP contribution in [0.3, 0.4) is 0 Å². The number of nitrogens with zero attached hydrogens (tertiary/aromatic N) is 2. The number of rotatable bonds is 6. The van der Waals surface area contributed by atoms with Crippen LogP contribution in [0.5, 0.6) is 0 Å². The number of anilines is 3. The van der Waals surface area contributed by atoms with Crippen molar-refractivity contribution in [1.29, 1.82) is 0 Å². The Morgan fingerprint density at radius 3 is 2.43 bits per heavy atom. The average Bonchev–Trinajstić information content (AvgIpc) is 2.72. The van der Waals surface area contributed by atoms with E-state index in [1.807, 2.05) is 43.3 Å². The molecule has 2 aromatic carbocycles. The van der Waals surface area contributed by atoms with Gasteiger partial charge >= 0.3 is 6.03 Å². The van der Waals surface area contributed by atoms with Gasteiger partial charge < -0.3 is 20.9 Å². The van der Waals surface area contributed by atoms with E-state index in [1.54, 1.807) is 42.7 Å². The van der Waals surface area contributed by atoms with E-state index in [0.717, 1.165) is 15.7 Å². The Hall–Kier alpha value is -3.39. The molecule has 7 nitrogen and oxygen atoms in total. The number of pyridine rings is 1. The molecule has 3 aromatic rings. The highest BCUT2D eigenvalue weighted by Gasteiger charge is 2.15. The Bertz CT molecular complexity index is 1040. The molecule has 0 aliphatic heterocycles. The minimum absolute atomic E-state index is 0.237. The summed E-state index contributed by atoms with van der Waals surface area (Å²) in [6, 6.07) is 15.8. The molecule has 0 unspecified atom stereocenters. The first kappa shape index (κ1) is 21.3. The van der Waals surface area contributed by atoms with Gasteiger partial charge in [0.15, 0.2) is 0 Å². The molecule has 0 saturated carbocycles. The van der Waals surface area contributed by atoms with E-state index in [9.17, 15) is 9.59 Å². The lowest BCUT2D eigenvalue weighted by atomic mass is 10.1. The smallest absolute Gasteiger partial charge is 0.323 e. The number of carbonyl (C=O) groups excluding carboxylic acids is 2. The maximum absolute atomic E-state index is 12.8. The highest BCUT2D eigenvalue weighted by molar-refractivity contribution is 9.10. The van der Waals surface area contributed by atoms with Crippen LogP contribution in [0.1, 0.15) is 15.9 Å². The Kier molecular flexibility index (Phi) is 7.03. The van der Waals surface area contributed by atoms with Crippen LogP contribution in [0.15, 0.2) is 71.5 Å². The fourth-order valence-corrected chi connectivity index (χ4v) is 3.22. The lowest BCUT2D eigenvalue weighted by Crippen LogP contribution is -2.26. The number of benzene rings is 2. The summed E-state index contributed by atoms with van der Waals surface area (Å²) < 4.78 is 0.864. The van der Waals surface area contributed by atoms with Gasteiger partial charge in [-0.15, -0.1) is 0 Å². The lowest BCUT2D eigenvalue weighted by molar-refractivity contribution is 0.0951. The summed E-state index contributed by atoms with van der Waals surface area (Å²) >= 11 is 3.37. The number of nitrogens with one attached hydrogen (secondary N) is 3. The lowest BCUT2D eigenvalue weighted by Gasteiger charge is -2.18. The van der Waals surface area contributed by atoms with Crippen molar-refractivity contribution >= 4 is 44.9 Å². The molecule has 0 spiro atoms. The Morgan fingerprint density at radius 2 is 1.77 bits per heavy atom. The summed E-state index contributed by atoms with van der Waals surface area (Å²) in [5.74, 6) is -0.237. The molecule has 0 aliphatic carbocycles. The SMILES string of the molecule is CN(C)c1ccc(NC(=O)Nc2cccc(Br)c2)cc1C(=O)NCc1cccnc1. The number of hydrogen-bond donors (Lipinski definition) is 3. The first-order valence-electron chi connectivity index (χ1n) is 9.24. The van der Waals surface area contributed by atoms with Crippen molar-refractivity contribution in [2.45, 2.75) is 6.54 Å². The van der Waals surface area contributed by atoms with Crippen LogP contribution in [-0.2, 0) is 6.54 Å². The maximum atomic E-state index is 12.8. The molecule has 30 heavy (non-hydrogen) atoms. The summed E-state index contributed by atoms with van der Waals surface area (Å²) in [6.07, 6.45) is 3.39. The number of urea groups is 1. The summed E-state index contributed by atoms with van der Waals surface area (Å²) in [5.41, 5.74) is 3.28. The largest absolute Gasteiger partial charge is 0.377 e. The van der Waals surface area contributed by atoms with E-state index >= 15 is 0 Å². The molecule has 1 heterocycles. The molecular formula is C22H22BrN5O2. The topological polar surface area (TPSA) is 86.4 Å². The first-order chi connectivity index (χ1) is 14.4. The van der Waals surface area contributed by atoms with Crippen molar-refractivity contribution in [3.63, 3.8) is 0 Å². The van der Waals surface area contributed by atoms with Gasteiger partial charge in [-0.25, -0.2) is 4.79 Å². The number of halogens is 1. The molecule has 0 saturated heterocycles. The van der Waals surface area contributed by atoms with Gasteiger partial charge in [0.05, 0.1) is 5.56 Å². The molecule has 3 amide bonds. The Morgan fingerprint density at radius 1 is 1.00 bits per heavy atom. The van der Waals surface area contributed by atoms with Gasteiger partial charge in [0, 0.05) is 54.6 Å². The van der Waals surface area contributed by atoms with Crippen molar-refractivity contribution < 1.29 is 9.59 Å². The van der Waals surface area contributed by atoms with Crippen LogP contribution < -0.4 is 20.9 Å². The zero-order valence-electron chi connectivity index (χ0n) is 16.6. The summed E-state index contributed by atoms with van der Waals surface area (Å²) in [4.78, 5) is 31.1. The second-order valence-corrected chi connectivity index (χ2v) is 7.68. The predicted octanol–water partition coefficient (Wildman–Crippen LogP) is 4.48. The fraction of sp³-hybridized carbons (Fsp3) is 0.136. The monoisotopic (exact) mass is 467 g/mol. The van der Waals surface area contributed by atoms with Crippen LogP contribution in [0.25, 0.3) is 0 Å². The summed E-state index contributed by atoms with van der Waals surface area (Å²) in [7, 11) is 3.72. The molecule has 0 radical (unpaired) electrons. The van der Waals surface area contributed by atoms with Crippen LogP contribution in [0.4, 0.5) is 21.9 Å². The zero-order chi connectivity index (χ0) is 21.5. The molecule has 154 valence electrons. The van der Waals surface area contributed by atoms with E-state index in [1.165, 1.54) is 0 Å². The molecule has 1 aromatic heterocycles. The normalized spacial score (nSPS) is 10.2. The standard InChI is InChI=1S/C22H22BrN5O2/c1-28(2)20-9-8-18(27-22(30)26-17-7-3-6-16(23)11-17)12-19(20)21(29)25-14-15-5-4-10-24-13-15/h3-13H,14H2,1-2H3,(H,25,29)(H2,26,27,30). The fourth-order valence-electron chi connectivity index (χ4n) is 2.83. The van der Waals surface area contributed by atoms with E-state index in [-0.39, 0.29) is 5.91 Å². The Balaban J connectivity index is 1.73. The molecule has 0 bridgehead atoms. The Labute approximate surface area is 183 Å². The van der Waals surface area contributed by atoms with Gasteiger partial charge in [-0.1, -0.05) is 28.1 Å². The molecule has 3 rings (SSSR count). The van der Waals surface area contributed by atoms with Crippen LogP contribution in [0.2, 0.25) is 0 Å². The summed E-state index contributed by atoms with van der Waals surface area (Å²) in [6.45, 7) is 0.362. The van der Waals surface area contributed by atoms with E-state index < -0.39 is 6.03 Å². The van der Waals surface area contributed by atoms with Crippen LogP contribution in [-0.4, -0.2) is 31.0 Å². The molecule has 0 aliphatic rings. The van der Waals surface area contributed by atoms with E-state index in [2.05, 4.69) is 36.9 Å². The van der Waals surface area contributed by atoms with Gasteiger partial charge in [0.1, 0.15) is 0 Å². The average molecular weight is 468 g/mol. The molecule has 8 heteroatoms. The highest BCUT2D eigenvalue weighted by atomic mass is 79.9. The summed E-state index contributed by atoms with van der Waals surface area (Å²) in [5, 5.41) is 8.44. The van der Waals surface area contributed by atoms with Gasteiger partial charge in [-0.3, -0.25) is 9.78 Å². The molecule has 0 atom stereocenters. The second-order valence-electron chi connectivity index (χ2n) is 6.76. The van der Waals surface area contributed by atoms with Crippen LogP contribution in [0, 0.1) is 0 Å². The van der Waals surface area contributed by atoms with Gasteiger partial charge in [0.25, 0.3) is 5.91 Å². The number of hydrogen-bond acceptors (Lipinski definition) is 4. The third-order valence-electron chi connectivity index (χ3n) is 4.24. The van der Waals surface area contributed by atoms with E-state index in [0.29, 0.717) is 23.5 Å². The zero-order valence-corrected chi connectivity index (χ0v) is 18.2. The predicted molar refractivity (Wildman–Crippen MR) is 123 cm³/mol. The maximum Gasteiger partial charge on any atom is 0.323 e. The van der Waals surface area contributed by atoms with Crippen molar-refractivity contribution in [2.75, 3.05) is 29.6 Å². The third-order valence-corrected chi connectivity index (χ3v) is 4.73. The number of carbonyl (C=O) groups is 2. The van der Waals surface area contributed by atoms with E-state index in [4.69, 9.17) is 0 Å². The quantitative estimate of drug-likeness (QED) is 0.498. The minimum Gasteiger partial charge on any atom is -0.377 e. The van der Waals surface area contributed by atoms with Crippen molar-refractivity contribution in [3.8, 4) is 0 Å². The van der Waals surface area contributed by atoms with Crippen LogP contribution >= 0.6 is 15.9 Å². The number of aromatic nitrogens is 1. The molecule has 3 N–H and O–H groups in total. The number of amides is 3. The minimum atomic E-state index is -0.396. The second kappa shape index (κ2) is 9.89. The molecule has 0 fully saturated rings. The van der Waals surface area contributed by atoms with Gasteiger partial charge in [-0.05, 0) is 48.0 Å². The highest BCUT2D eigenvalue weighted by Crippen LogP contribution is 2.23. The van der Waals surface area contributed by atoms with Gasteiger partial charge in [0.2, 0.25) is 0 Å². The molecular weight excluding hydrogens is 446 g/mol. The third kappa shape index (κ3) is 5.81. The van der Waals surface area contributed by atoms with Crippen molar-refractivity contribution in [1.82, 2.24) is 10.3 Å². The van der Waals surface area contributed by atoms with Crippen molar-refractivity contribution in [3.05, 3.63) is 82.6 Å².